The van der Waals surface area contributed by atoms with E-state index < -0.39 is 0 Å². The van der Waals surface area contributed by atoms with Crippen molar-refractivity contribution in [1.29, 1.82) is 10.7 Å². The van der Waals surface area contributed by atoms with Crippen molar-refractivity contribution in [3.63, 3.8) is 0 Å². The van der Waals surface area contributed by atoms with Gasteiger partial charge < -0.3 is 21.3 Å². The van der Waals surface area contributed by atoms with Crippen LogP contribution < -0.4 is 16.4 Å². The highest BCUT2D eigenvalue weighted by atomic mass is 35.5. The van der Waals surface area contributed by atoms with Crippen molar-refractivity contribution < 1.29 is 4.79 Å². The van der Waals surface area contributed by atoms with Crippen LogP contribution >= 0.6 is 11.6 Å². The van der Waals surface area contributed by atoms with Crippen LogP contribution in [0.3, 0.4) is 0 Å². The third-order valence-corrected chi connectivity index (χ3v) is 6.17. The third kappa shape index (κ3) is 5.40. The van der Waals surface area contributed by atoms with Gasteiger partial charge in [0.15, 0.2) is 0 Å². The van der Waals surface area contributed by atoms with E-state index in [9.17, 15) is 10.1 Å². The third-order valence-electron chi connectivity index (χ3n) is 5.86. The Morgan fingerprint density at radius 1 is 1.31 bits per heavy atom. The molecule has 178 valence electrons. The van der Waals surface area contributed by atoms with Gasteiger partial charge in [0.05, 0.1) is 27.5 Å². The van der Waals surface area contributed by atoms with Crippen LogP contribution in [0.25, 0.3) is 0 Å². The van der Waals surface area contributed by atoms with Crippen molar-refractivity contribution in [2.45, 2.75) is 18.9 Å². The number of carbonyl (C=O) groups excluding carboxylic acids is 1. The zero-order valence-corrected chi connectivity index (χ0v) is 19.9. The number of amides is 1. The number of halogens is 1. The lowest BCUT2D eigenvalue weighted by atomic mass is 9.97. The predicted molar refractivity (Wildman–Crippen MR) is 137 cm³/mol. The largest absolute Gasteiger partial charge is 0.383 e. The molecule has 5 N–H and O–H groups in total. The minimum absolute atomic E-state index is 0.0143. The summed E-state index contributed by atoms with van der Waals surface area (Å²) in [7, 11) is 2.05. The maximum Gasteiger partial charge on any atom is 0.256 e. The fourth-order valence-electron chi connectivity index (χ4n) is 4.12. The number of pyridine rings is 2. The Hall–Kier alpha value is -4.00. The second-order valence-electron chi connectivity index (χ2n) is 8.40. The van der Waals surface area contributed by atoms with Crippen LogP contribution in [0.1, 0.15) is 39.9 Å². The number of anilines is 3. The Morgan fingerprint density at radius 3 is 2.83 bits per heavy atom. The number of aromatic nitrogens is 2. The smallest absolute Gasteiger partial charge is 0.256 e. The highest BCUT2D eigenvalue weighted by Gasteiger charge is 2.25. The standard InChI is InChI=1S/C25H25ClN8O/c1-34-10-4-5-17(14-34)32-23-16(12-27)13-31-24(29)21(23)22(28)18-8-7-15(11-19(18)26)25(35)33-20-6-2-3-9-30-20/h2-3,6-9,11,13,17,28H,4-5,10,14H2,1H3,(H3,29,31,32)(H,30,33,35). The molecule has 4 rings (SSSR count). The van der Waals surface area contributed by atoms with Gasteiger partial charge >= 0.3 is 0 Å². The average molecular weight is 489 g/mol. The maximum atomic E-state index is 12.6. The number of hydrogen-bond donors (Lipinski definition) is 4. The molecule has 3 heterocycles. The molecule has 1 unspecified atom stereocenters. The Labute approximate surface area is 208 Å². The van der Waals surface area contributed by atoms with Crippen LogP contribution in [0.4, 0.5) is 17.3 Å². The molecule has 9 nitrogen and oxygen atoms in total. The average Bonchev–Trinajstić information content (AvgIpc) is 2.84. The van der Waals surface area contributed by atoms with Crippen LogP contribution in [-0.2, 0) is 0 Å². The van der Waals surface area contributed by atoms with Gasteiger partial charge in [-0.15, -0.1) is 0 Å². The molecule has 1 aromatic carbocycles. The van der Waals surface area contributed by atoms with Crippen molar-refractivity contribution in [2.24, 2.45) is 0 Å². The first-order chi connectivity index (χ1) is 16.9. The molecule has 0 spiro atoms. The van der Waals surface area contributed by atoms with E-state index in [1.807, 2.05) is 7.05 Å². The number of nitriles is 1. The summed E-state index contributed by atoms with van der Waals surface area (Å²) in [6.07, 6.45) is 4.95. The monoisotopic (exact) mass is 488 g/mol. The number of benzene rings is 1. The van der Waals surface area contributed by atoms with Crippen molar-refractivity contribution in [2.75, 3.05) is 36.5 Å². The topological polar surface area (TPSA) is 144 Å². The minimum Gasteiger partial charge on any atom is -0.383 e. The van der Waals surface area contributed by atoms with E-state index in [1.54, 1.807) is 36.5 Å². The zero-order chi connectivity index (χ0) is 24.9. The van der Waals surface area contributed by atoms with E-state index in [4.69, 9.17) is 22.7 Å². The van der Waals surface area contributed by atoms with E-state index in [-0.39, 0.29) is 28.5 Å². The first-order valence-electron chi connectivity index (χ1n) is 11.1. The fraction of sp³-hybridized carbons (Fsp3) is 0.240. The number of nitrogen functional groups attached to an aromatic ring is 1. The molecule has 1 fully saturated rings. The predicted octanol–water partition coefficient (Wildman–Crippen LogP) is 3.76. The zero-order valence-electron chi connectivity index (χ0n) is 19.2. The molecule has 0 aliphatic carbocycles. The first kappa shape index (κ1) is 24.1. The number of carbonyl (C=O) groups is 1. The second-order valence-corrected chi connectivity index (χ2v) is 8.81. The summed E-state index contributed by atoms with van der Waals surface area (Å²) in [6, 6.07) is 12.1. The highest BCUT2D eigenvalue weighted by Crippen LogP contribution is 2.31. The number of nitrogens with zero attached hydrogens (tertiary/aromatic N) is 4. The highest BCUT2D eigenvalue weighted by molar-refractivity contribution is 6.36. The SMILES string of the molecule is CN1CCCC(Nc2c(C#N)cnc(N)c2C(=N)c2ccc(C(=O)Nc3ccccn3)cc2Cl)C1. The summed E-state index contributed by atoms with van der Waals surface area (Å²) in [5.74, 6) is 0.162. The number of hydrogen-bond acceptors (Lipinski definition) is 8. The van der Waals surface area contributed by atoms with E-state index in [0.717, 1.165) is 25.9 Å². The summed E-state index contributed by atoms with van der Waals surface area (Å²) in [4.78, 5) is 23.1. The lowest BCUT2D eigenvalue weighted by Crippen LogP contribution is -2.40. The first-order valence-corrected chi connectivity index (χ1v) is 11.5. The van der Waals surface area contributed by atoms with Crippen LogP contribution in [-0.4, -0.2) is 52.7 Å². The number of piperidine rings is 1. The molecule has 1 amide bonds. The molecule has 1 atom stereocenters. The van der Waals surface area contributed by atoms with Crippen molar-refractivity contribution in [3.05, 3.63) is 76.1 Å². The van der Waals surface area contributed by atoms with E-state index in [1.165, 1.54) is 12.3 Å². The van der Waals surface area contributed by atoms with Gasteiger partial charge in [-0.2, -0.15) is 5.26 Å². The van der Waals surface area contributed by atoms with Gasteiger partial charge in [0.2, 0.25) is 0 Å². The lowest BCUT2D eigenvalue weighted by Gasteiger charge is -2.32. The molecule has 1 saturated heterocycles. The number of nitrogens with one attached hydrogen (secondary N) is 3. The molecule has 0 radical (unpaired) electrons. The molecular formula is C25H25ClN8O. The molecule has 35 heavy (non-hydrogen) atoms. The normalized spacial score (nSPS) is 15.7. The number of likely N-dealkylation sites (tertiary alicyclic amines) is 1. The second kappa shape index (κ2) is 10.5. The maximum absolute atomic E-state index is 12.6. The summed E-state index contributed by atoms with van der Waals surface area (Å²) < 4.78 is 0. The molecule has 10 heteroatoms. The molecule has 1 aliphatic heterocycles. The van der Waals surface area contributed by atoms with Crippen LogP contribution in [0.2, 0.25) is 5.02 Å². The van der Waals surface area contributed by atoms with E-state index >= 15 is 0 Å². The Balaban J connectivity index is 1.64. The van der Waals surface area contributed by atoms with Gasteiger partial charge in [0, 0.05) is 36.1 Å². The minimum atomic E-state index is -0.375. The fourth-order valence-corrected chi connectivity index (χ4v) is 4.40. The van der Waals surface area contributed by atoms with Crippen LogP contribution in [0.5, 0.6) is 0 Å². The molecule has 2 aromatic heterocycles. The quantitative estimate of drug-likeness (QED) is 0.386. The molecule has 0 bridgehead atoms. The van der Waals surface area contributed by atoms with Gasteiger partial charge in [-0.05, 0) is 50.7 Å². The van der Waals surface area contributed by atoms with Gasteiger partial charge in [0.1, 0.15) is 17.7 Å². The molecule has 3 aromatic rings. The van der Waals surface area contributed by atoms with Gasteiger partial charge in [-0.1, -0.05) is 23.7 Å². The van der Waals surface area contributed by atoms with Gasteiger partial charge in [-0.25, -0.2) is 9.97 Å². The number of likely N-dealkylation sites (N-methyl/N-ethyl adjacent to an activating group) is 1. The Bertz CT molecular complexity index is 1300. The van der Waals surface area contributed by atoms with Crippen molar-refractivity contribution >= 4 is 40.5 Å². The summed E-state index contributed by atoms with van der Waals surface area (Å²) in [5.41, 5.74) is 7.99. The van der Waals surface area contributed by atoms with Gasteiger partial charge in [-0.3, -0.25) is 10.2 Å². The summed E-state index contributed by atoms with van der Waals surface area (Å²) in [5, 5.41) is 25.0. The Kier molecular flexibility index (Phi) is 7.25. The molecule has 0 saturated carbocycles. The summed E-state index contributed by atoms with van der Waals surface area (Å²) >= 11 is 6.52. The van der Waals surface area contributed by atoms with Gasteiger partial charge in [0.25, 0.3) is 5.91 Å². The number of nitrogens with two attached hydrogens (primary N) is 1. The van der Waals surface area contributed by atoms with E-state index in [0.29, 0.717) is 33.8 Å². The molecular weight excluding hydrogens is 464 g/mol. The lowest BCUT2D eigenvalue weighted by molar-refractivity contribution is 0.102. The number of rotatable bonds is 6. The van der Waals surface area contributed by atoms with Crippen molar-refractivity contribution in [1.82, 2.24) is 14.9 Å². The van der Waals surface area contributed by atoms with Crippen LogP contribution in [0, 0.1) is 16.7 Å². The Morgan fingerprint density at radius 2 is 2.14 bits per heavy atom. The van der Waals surface area contributed by atoms with Crippen LogP contribution in [0.15, 0.2) is 48.8 Å². The molecule has 1 aliphatic rings. The summed E-state index contributed by atoms with van der Waals surface area (Å²) in [6.45, 7) is 1.82. The van der Waals surface area contributed by atoms with E-state index in [2.05, 4.69) is 31.6 Å². The van der Waals surface area contributed by atoms with Crippen molar-refractivity contribution in [3.8, 4) is 6.07 Å².